The average Bonchev–Trinajstić information content (AvgIpc) is 3.17. The minimum atomic E-state index is -0.416. The minimum Gasteiger partial charge on any atom is -0.480 e. The van der Waals surface area contributed by atoms with Crippen LogP contribution in [0.4, 0.5) is 20.7 Å². The summed E-state index contributed by atoms with van der Waals surface area (Å²) in [6, 6.07) is 6.73. The number of hydrazine groups is 1. The van der Waals surface area contributed by atoms with Crippen molar-refractivity contribution in [3.63, 3.8) is 0 Å². The van der Waals surface area contributed by atoms with Gasteiger partial charge in [0.25, 0.3) is 0 Å². The van der Waals surface area contributed by atoms with Crippen molar-refractivity contribution >= 4 is 17.5 Å². The molecule has 0 radical (unpaired) electrons. The lowest BCUT2D eigenvalue weighted by molar-refractivity contribution is 0.249. The lowest BCUT2D eigenvalue weighted by atomic mass is 10.1. The monoisotopic (exact) mass is 409 g/mol. The molecule has 30 heavy (non-hydrogen) atoms. The van der Waals surface area contributed by atoms with Gasteiger partial charge in [-0.3, -0.25) is 10.3 Å². The van der Waals surface area contributed by atoms with Crippen molar-refractivity contribution in [2.75, 3.05) is 17.9 Å². The number of amides is 2. The predicted molar refractivity (Wildman–Crippen MR) is 108 cm³/mol. The summed E-state index contributed by atoms with van der Waals surface area (Å²) in [6.07, 6.45) is 4.84. The van der Waals surface area contributed by atoms with Crippen molar-refractivity contribution < 1.29 is 13.9 Å². The van der Waals surface area contributed by atoms with Gasteiger partial charge in [-0.15, -0.1) is 0 Å². The molecule has 9 nitrogen and oxygen atoms in total. The van der Waals surface area contributed by atoms with Crippen LogP contribution < -0.4 is 26.2 Å². The third-order valence-corrected chi connectivity index (χ3v) is 4.69. The molecule has 0 saturated carbocycles. The molecule has 4 rings (SSSR count). The van der Waals surface area contributed by atoms with E-state index in [2.05, 4.69) is 36.4 Å². The zero-order valence-corrected chi connectivity index (χ0v) is 16.3. The van der Waals surface area contributed by atoms with Gasteiger partial charge in [0, 0.05) is 17.8 Å². The van der Waals surface area contributed by atoms with E-state index in [0.717, 1.165) is 16.8 Å². The molecule has 1 aliphatic heterocycles. The molecule has 2 atom stereocenters. The first-order chi connectivity index (χ1) is 14.5. The third-order valence-electron chi connectivity index (χ3n) is 4.69. The van der Waals surface area contributed by atoms with E-state index >= 15 is 0 Å². The van der Waals surface area contributed by atoms with Crippen molar-refractivity contribution in [1.82, 2.24) is 25.7 Å². The number of nitrogens with one attached hydrogen (secondary N) is 4. The number of nitrogens with zero attached hydrogens (tertiary/aromatic N) is 3. The topological polar surface area (TPSA) is 113 Å². The van der Waals surface area contributed by atoms with Crippen LogP contribution >= 0.6 is 0 Å². The molecule has 1 aliphatic rings. The molecule has 0 bridgehead atoms. The maximum Gasteiger partial charge on any atom is 0.320 e. The Bertz CT molecular complexity index is 1060. The van der Waals surface area contributed by atoms with Gasteiger partial charge in [0.2, 0.25) is 5.88 Å². The highest BCUT2D eigenvalue weighted by molar-refractivity contribution is 5.89. The molecule has 0 spiro atoms. The van der Waals surface area contributed by atoms with Gasteiger partial charge < -0.3 is 15.5 Å². The summed E-state index contributed by atoms with van der Waals surface area (Å²) in [7, 11) is 1.53. The molecule has 3 aromatic rings. The average molecular weight is 409 g/mol. The van der Waals surface area contributed by atoms with Crippen LogP contribution in [0, 0.1) is 5.82 Å². The molecule has 3 heterocycles. The summed E-state index contributed by atoms with van der Waals surface area (Å²) in [4.78, 5) is 25.2. The van der Waals surface area contributed by atoms with Crippen LogP contribution in [0.25, 0.3) is 0 Å². The Kier molecular flexibility index (Phi) is 5.40. The van der Waals surface area contributed by atoms with Gasteiger partial charge in [0.15, 0.2) is 0 Å². The van der Waals surface area contributed by atoms with Gasteiger partial charge in [-0.2, -0.15) is 0 Å². The van der Waals surface area contributed by atoms with Crippen molar-refractivity contribution in [3.8, 4) is 5.88 Å². The largest absolute Gasteiger partial charge is 0.480 e. The molecule has 1 aromatic carbocycles. The van der Waals surface area contributed by atoms with Gasteiger partial charge in [0.05, 0.1) is 43.0 Å². The number of urea groups is 1. The Balaban J connectivity index is 1.43. The summed E-state index contributed by atoms with van der Waals surface area (Å²) in [5.41, 5.74) is 9.28. The second-order valence-corrected chi connectivity index (χ2v) is 6.72. The fourth-order valence-electron chi connectivity index (χ4n) is 3.12. The highest BCUT2D eigenvalue weighted by Crippen LogP contribution is 2.33. The highest BCUT2D eigenvalue weighted by atomic mass is 19.1. The number of hydrogen-bond donors (Lipinski definition) is 4. The normalized spacial score (nSPS) is 15.6. The van der Waals surface area contributed by atoms with Crippen LogP contribution in [0.15, 0.2) is 48.9 Å². The number of aromatic nitrogens is 3. The van der Waals surface area contributed by atoms with Gasteiger partial charge in [-0.1, -0.05) is 12.1 Å². The summed E-state index contributed by atoms with van der Waals surface area (Å²) in [6.45, 7) is 1.81. The van der Waals surface area contributed by atoms with E-state index in [9.17, 15) is 9.18 Å². The molecule has 1 unspecified atom stereocenters. The van der Waals surface area contributed by atoms with Gasteiger partial charge >= 0.3 is 6.03 Å². The van der Waals surface area contributed by atoms with Gasteiger partial charge in [-0.25, -0.2) is 24.6 Å². The smallest absolute Gasteiger partial charge is 0.320 e. The van der Waals surface area contributed by atoms with Crippen LogP contribution in [0.2, 0.25) is 0 Å². The summed E-state index contributed by atoms with van der Waals surface area (Å²) >= 11 is 0. The number of carbonyl (C=O) groups is 1. The number of fused-ring (bicyclic) bond motifs is 1. The number of carbonyl (C=O) groups excluding carboxylic acids is 1. The van der Waals surface area contributed by atoms with E-state index in [1.165, 1.54) is 25.4 Å². The summed E-state index contributed by atoms with van der Waals surface area (Å²) < 4.78 is 18.2. The van der Waals surface area contributed by atoms with Crippen molar-refractivity contribution in [2.24, 2.45) is 0 Å². The Hall–Kier alpha value is -3.79. The molecule has 2 aromatic heterocycles. The van der Waals surface area contributed by atoms with Crippen LogP contribution in [-0.2, 0) is 0 Å². The number of hydrogen-bond acceptors (Lipinski definition) is 7. The number of anilines is 2. The van der Waals surface area contributed by atoms with E-state index in [-0.39, 0.29) is 17.9 Å². The first-order valence-electron chi connectivity index (χ1n) is 9.24. The number of methoxy groups -OCH3 is 1. The lowest BCUT2D eigenvalue weighted by Crippen LogP contribution is -2.31. The number of pyridine rings is 1. The number of ether oxygens (including phenoxy) is 1. The van der Waals surface area contributed by atoms with E-state index in [4.69, 9.17) is 4.74 Å². The molecule has 2 amide bonds. The van der Waals surface area contributed by atoms with Crippen LogP contribution in [0.3, 0.4) is 0 Å². The van der Waals surface area contributed by atoms with Gasteiger partial charge in [0.1, 0.15) is 11.6 Å². The summed E-state index contributed by atoms with van der Waals surface area (Å²) in [5.74, 6) is 0.474. The Morgan fingerprint density at radius 2 is 2.03 bits per heavy atom. The van der Waals surface area contributed by atoms with Crippen molar-refractivity contribution in [3.05, 3.63) is 71.6 Å². The number of halogens is 1. The van der Waals surface area contributed by atoms with E-state index in [1.807, 2.05) is 6.92 Å². The Labute approximate surface area is 172 Å². The van der Waals surface area contributed by atoms with Gasteiger partial charge in [-0.05, 0) is 24.6 Å². The predicted octanol–water partition coefficient (Wildman–Crippen LogP) is 2.92. The number of rotatable bonds is 5. The van der Waals surface area contributed by atoms with E-state index in [1.54, 1.807) is 30.6 Å². The quantitative estimate of drug-likeness (QED) is 0.512. The zero-order valence-electron chi connectivity index (χ0n) is 16.3. The molecule has 0 saturated heterocycles. The minimum absolute atomic E-state index is 0.253. The SMILES string of the molecule is COc1cncc(C2NNc3cc(NC(=O)N[C@H](C)c4ccc(F)cc4)ncc32)n1. The van der Waals surface area contributed by atoms with Crippen LogP contribution in [0.1, 0.15) is 35.8 Å². The molecule has 4 N–H and O–H groups in total. The third kappa shape index (κ3) is 4.13. The van der Waals surface area contributed by atoms with E-state index in [0.29, 0.717) is 17.4 Å². The number of benzene rings is 1. The molecular weight excluding hydrogens is 389 g/mol. The molecule has 0 aliphatic carbocycles. The van der Waals surface area contributed by atoms with E-state index < -0.39 is 6.03 Å². The molecule has 154 valence electrons. The first-order valence-corrected chi connectivity index (χ1v) is 9.24. The first kappa shape index (κ1) is 19.5. The Morgan fingerprint density at radius 1 is 1.23 bits per heavy atom. The second kappa shape index (κ2) is 8.29. The lowest BCUT2D eigenvalue weighted by Gasteiger charge is -2.15. The zero-order chi connectivity index (χ0) is 21.1. The summed E-state index contributed by atoms with van der Waals surface area (Å²) in [5, 5.41) is 5.50. The molecule has 0 fully saturated rings. The second-order valence-electron chi connectivity index (χ2n) is 6.72. The fourth-order valence-corrected chi connectivity index (χ4v) is 3.12. The maximum atomic E-state index is 13.1. The fraction of sp³-hybridized carbons (Fsp3) is 0.200. The van der Waals surface area contributed by atoms with Crippen LogP contribution in [-0.4, -0.2) is 28.1 Å². The van der Waals surface area contributed by atoms with Crippen molar-refractivity contribution in [2.45, 2.75) is 19.0 Å². The van der Waals surface area contributed by atoms with Crippen molar-refractivity contribution in [1.29, 1.82) is 0 Å². The standard InChI is InChI=1S/C20H20FN7O2/c1-11(12-3-5-13(21)6-4-12)24-20(29)26-17-7-15-14(8-23-17)19(28-27-15)16-9-22-10-18(25-16)30-2/h3-11,19,27-28H,1-2H3,(H2,23,24,26,29)/t11-,19?/m1/s1. The molecule has 10 heteroatoms. The molecular formula is C20H20FN7O2. The van der Waals surface area contributed by atoms with Crippen LogP contribution in [0.5, 0.6) is 5.88 Å². The Morgan fingerprint density at radius 3 is 2.80 bits per heavy atom. The highest BCUT2D eigenvalue weighted by Gasteiger charge is 2.26. The maximum absolute atomic E-state index is 13.1.